The Morgan fingerprint density at radius 3 is 2.61 bits per heavy atom. The zero-order valence-electron chi connectivity index (χ0n) is 11.0. The Labute approximate surface area is 107 Å². The monoisotopic (exact) mass is 246 g/mol. The minimum atomic E-state index is 0.00961. The number of hydrogen-bond acceptors (Lipinski definition) is 4. The lowest BCUT2D eigenvalue weighted by atomic mass is 10.2. The first-order chi connectivity index (χ1) is 8.63. The first-order valence-electron chi connectivity index (χ1n) is 5.87. The molecule has 18 heavy (non-hydrogen) atoms. The first kappa shape index (κ1) is 12.6. The van der Waals surface area contributed by atoms with E-state index < -0.39 is 0 Å². The van der Waals surface area contributed by atoms with E-state index in [9.17, 15) is 5.11 Å². The molecule has 5 heteroatoms. The summed E-state index contributed by atoms with van der Waals surface area (Å²) in [6.07, 6.45) is 3.56. The van der Waals surface area contributed by atoms with Crippen LogP contribution in [0.25, 0.3) is 0 Å². The molecule has 2 heterocycles. The molecule has 0 aliphatic rings. The zero-order valence-corrected chi connectivity index (χ0v) is 11.0. The number of aliphatic hydroxyl groups excluding tert-OH is 1. The SMILES string of the molecule is Cc1nn(C)c(N(C)Cc2ccncc2)c1CO. The van der Waals surface area contributed by atoms with Gasteiger partial charge in [-0.1, -0.05) is 0 Å². The van der Waals surface area contributed by atoms with E-state index >= 15 is 0 Å². The van der Waals surface area contributed by atoms with Crippen molar-refractivity contribution in [3.8, 4) is 0 Å². The standard InChI is InChI=1S/C13H18N4O/c1-10-12(9-18)13(17(3)15-10)16(2)8-11-4-6-14-7-5-11/h4-7,18H,8-9H2,1-3H3. The fraction of sp³-hybridized carbons (Fsp3) is 0.385. The highest BCUT2D eigenvalue weighted by atomic mass is 16.3. The molecule has 0 unspecified atom stereocenters. The maximum Gasteiger partial charge on any atom is 0.132 e. The van der Waals surface area contributed by atoms with Crippen molar-refractivity contribution >= 4 is 5.82 Å². The summed E-state index contributed by atoms with van der Waals surface area (Å²) in [4.78, 5) is 6.09. The van der Waals surface area contributed by atoms with Gasteiger partial charge in [-0.3, -0.25) is 9.67 Å². The molecule has 1 N–H and O–H groups in total. The van der Waals surface area contributed by atoms with Crippen molar-refractivity contribution in [2.45, 2.75) is 20.1 Å². The van der Waals surface area contributed by atoms with E-state index in [4.69, 9.17) is 0 Å². The Bertz CT molecular complexity index is 521. The molecule has 0 fully saturated rings. The Morgan fingerprint density at radius 2 is 2.00 bits per heavy atom. The minimum Gasteiger partial charge on any atom is -0.391 e. The molecule has 0 bridgehead atoms. The molecule has 2 aromatic rings. The Hall–Kier alpha value is -1.88. The Morgan fingerprint density at radius 1 is 1.33 bits per heavy atom. The molecule has 96 valence electrons. The summed E-state index contributed by atoms with van der Waals surface area (Å²) in [5, 5.41) is 13.8. The number of aryl methyl sites for hydroxylation is 2. The Kier molecular flexibility index (Phi) is 3.62. The predicted octanol–water partition coefficient (Wildman–Crippen LogP) is 1.25. The molecular formula is C13H18N4O. The summed E-state index contributed by atoms with van der Waals surface area (Å²) in [6, 6.07) is 3.97. The van der Waals surface area contributed by atoms with Crippen LogP contribution in [0.5, 0.6) is 0 Å². The van der Waals surface area contributed by atoms with Gasteiger partial charge in [-0.2, -0.15) is 5.10 Å². The van der Waals surface area contributed by atoms with Crippen molar-refractivity contribution < 1.29 is 5.11 Å². The van der Waals surface area contributed by atoms with Crippen molar-refractivity contribution in [1.29, 1.82) is 0 Å². The lowest BCUT2D eigenvalue weighted by Crippen LogP contribution is -2.20. The fourth-order valence-corrected chi connectivity index (χ4v) is 2.19. The second-order valence-corrected chi connectivity index (χ2v) is 4.38. The van der Waals surface area contributed by atoms with Gasteiger partial charge in [0.2, 0.25) is 0 Å². The number of pyridine rings is 1. The van der Waals surface area contributed by atoms with Crippen LogP contribution in [-0.4, -0.2) is 26.9 Å². The van der Waals surface area contributed by atoms with Crippen LogP contribution < -0.4 is 4.90 Å². The molecule has 0 amide bonds. The number of nitrogens with zero attached hydrogens (tertiary/aromatic N) is 4. The topological polar surface area (TPSA) is 54.2 Å². The molecule has 0 saturated carbocycles. The van der Waals surface area contributed by atoms with E-state index in [1.54, 1.807) is 12.4 Å². The van der Waals surface area contributed by atoms with E-state index in [2.05, 4.69) is 15.0 Å². The van der Waals surface area contributed by atoms with Crippen LogP contribution in [-0.2, 0) is 20.2 Å². The maximum absolute atomic E-state index is 9.44. The highest BCUT2D eigenvalue weighted by molar-refractivity contribution is 5.49. The number of aromatic nitrogens is 3. The summed E-state index contributed by atoms with van der Waals surface area (Å²) in [6.45, 7) is 2.68. The Balaban J connectivity index is 2.26. The van der Waals surface area contributed by atoms with Gasteiger partial charge in [0.25, 0.3) is 0 Å². The van der Waals surface area contributed by atoms with Crippen molar-refractivity contribution in [3.63, 3.8) is 0 Å². The summed E-state index contributed by atoms with van der Waals surface area (Å²) < 4.78 is 1.81. The predicted molar refractivity (Wildman–Crippen MR) is 70.2 cm³/mol. The molecule has 2 rings (SSSR count). The third-order valence-corrected chi connectivity index (χ3v) is 3.00. The molecule has 0 atom stereocenters. The molecule has 0 saturated heterocycles. The van der Waals surface area contributed by atoms with Crippen LogP contribution in [0.1, 0.15) is 16.8 Å². The van der Waals surface area contributed by atoms with Crippen LogP contribution in [0.15, 0.2) is 24.5 Å². The van der Waals surface area contributed by atoms with Crippen LogP contribution >= 0.6 is 0 Å². The van der Waals surface area contributed by atoms with Crippen molar-refractivity contribution in [1.82, 2.24) is 14.8 Å². The summed E-state index contributed by atoms with van der Waals surface area (Å²) in [7, 11) is 3.89. The molecular weight excluding hydrogens is 228 g/mol. The number of rotatable bonds is 4. The second-order valence-electron chi connectivity index (χ2n) is 4.38. The van der Waals surface area contributed by atoms with E-state index in [1.807, 2.05) is 37.8 Å². The van der Waals surface area contributed by atoms with Crippen molar-refractivity contribution in [2.75, 3.05) is 11.9 Å². The van der Waals surface area contributed by atoms with E-state index in [1.165, 1.54) is 5.56 Å². The molecule has 0 aromatic carbocycles. The summed E-state index contributed by atoms with van der Waals surface area (Å²) in [5.41, 5.74) is 2.93. The number of hydrogen-bond donors (Lipinski definition) is 1. The molecule has 0 aliphatic carbocycles. The van der Waals surface area contributed by atoms with E-state index in [0.717, 1.165) is 23.6 Å². The maximum atomic E-state index is 9.44. The average Bonchev–Trinajstić information content (AvgIpc) is 2.64. The molecule has 0 aliphatic heterocycles. The fourth-order valence-electron chi connectivity index (χ4n) is 2.19. The van der Waals surface area contributed by atoms with Crippen molar-refractivity contribution in [3.05, 3.63) is 41.3 Å². The van der Waals surface area contributed by atoms with Crippen LogP contribution in [0.3, 0.4) is 0 Å². The van der Waals surface area contributed by atoms with Gasteiger partial charge in [-0.25, -0.2) is 0 Å². The lowest BCUT2D eigenvalue weighted by molar-refractivity contribution is 0.281. The van der Waals surface area contributed by atoms with Crippen LogP contribution in [0, 0.1) is 6.92 Å². The van der Waals surface area contributed by atoms with Crippen LogP contribution in [0.2, 0.25) is 0 Å². The number of aliphatic hydroxyl groups is 1. The molecule has 0 spiro atoms. The normalized spacial score (nSPS) is 10.7. The van der Waals surface area contributed by atoms with Gasteiger partial charge < -0.3 is 10.0 Å². The highest BCUT2D eigenvalue weighted by Gasteiger charge is 2.16. The summed E-state index contributed by atoms with van der Waals surface area (Å²) in [5.74, 6) is 0.951. The first-order valence-corrected chi connectivity index (χ1v) is 5.87. The van der Waals surface area contributed by atoms with Gasteiger partial charge in [0, 0.05) is 38.6 Å². The van der Waals surface area contributed by atoms with E-state index in [-0.39, 0.29) is 6.61 Å². The van der Waals surface area contributed by atoms with Crippen molar-refractivity contribution in [2.24, 2.45) is 7.05 Å². The quantitative estimate of drug-likeness (QED) is 0.882. The smallest absolute Gasteiger partial charge is 0.132 e. The zero-order chi connectivity index (χ0) is 13.1. The van der Waals surface area contributed by atoms with E-state index in [0.29, 0.717) is 0 Å². The third-order valence-electron chi connectivity index (χ3n) is 3.00. The largest absolute Gasteiger partial charge is 0.391 e. The lowest BCUT2D eigenvalue weighted by Gasteiger charge is -2.20. The average molecular weight is 246 g/mol. The van der Waals surface area contributed by atoms with Gasteiger partial charge >= 0.3 is 0 Å². The molecule has 5 nitrogen and oxygen atoms in total. The van der Waals surface area contributed by atoms with Gasteiger partial charge in [0.15, 0.2) is 0 Å². The van der Waals surface area contributed by atoms with Gasteiger partial charge in [-0.05, 0) is 24.6 Å². The minimum absolute atomic E-state index is 0.00961. The number of anilines is 1. The van der Waals surface area contributed by atoms with Gasteiger partial charge in [0.05, 0.1) is 12.3 Å². The second kappa shape index (κ2) is 5.18. The highest BCUT2D eigenvalue weighted by Crippen LogP contribution is 2.23. The molecule has 0 radical (unpaired) electrons. The third kappa shape index (κ3) is 2.36. The van der Waals surface area contributed by atoms with Gasteiger partial charge in [-0.15, -0.1) is 0 Å². The molecule has 2 aromatic heterocycles. The van der Waals surface area contributed by atoms with Gasteiger partial charge in [0.1, 0.15) is 5.82 Å². The summed E-state index contributed by atoms with van der Waals surface area (Å²) >= 11 is 0. The van der Waals surface area contributed by atoms with Crippen LogP contribution in [0.4, 0.5) is 5.82 Å².